The first-order valence-electron chi connectivity index (χ1n) is 8.32. The Labute approximate surface area is 167 Å². The van der Waals surface area contributed by atoms with Crippen molar-refractivity contribution in [3.63, 3.8) is 0 Å². The summed E-state index contributed by atoms with van der Waals surface area (Å²) in [4.78, 5) is 19.2. The number of thioether (sulfide) groups is 1. The third-order valence-corrected chi connectivity index (χ3v) is 5.05. The lowest BCUT2D eigenvalue weighted by Gasteiger charge is -2.18. The second kappa shape index (κ2) is 8.50. The van der Waals surface area contributed by atoms with Crippen molar-refractivity contribution in [1.29, 1.82) is 0 Å². The predicted octanol–water partition coefficient (Wildman–Crippen LogP) is 4.85. The zero-order valence-electron chi connectivity index (χ0n) is 15.2. The summed E-state index contributed by atoms with van der Waals surface area (Å²) >= 11 is 7.62. The molecule has 0 saturated heterocycles. The van der Waals surface area contributed by atoms with Crippen molar-refractivity contribution in [3.8, 4) is 11.5 Å². The van der Waals surface area contributed by atoms with Gasteiger partial charge in [-0.2, -0.15) is 0 Å². The summed E-state index contributed by atoms with van der Waals surface area (Å²) in [6, 6.07) is 12.7. The first-order chi connectivity index (χ1) is 13.1. The van der Waals surface area contributed by atoms with E-state index in [1.54, 1.807) is 43.4 Å². The van der Waals surface area contributed by atoms with Crippen molar-refractivity contribution < 1.29 is 14.3 Å². The van der Waals surface area contributed by atoms with Gasteiger partial charge in [0, 0.05) is 6.07 Å². The fraction of sp³-hybridized carbons (Fsp3) is 0.200. The highest BCUT2D eigenvalue weighted by Gasteiger charge is 2.32. The third-order valence-electron chi connectivity index (χ3n) is 3.92. The molecule has 0 spiro atoms. The molecule has 1 heterocycles. The van der Waals surface area contributed by atoms with Crippen LogP contribution in [-0.2, 0) is 4.79 Å². The average molecular weight is 403 g/mol. The first kappa shape index (κ1) is 19.3. The van der Waals surface area contributed by atoms with Gasteiger partial charge in [0.2, 0.25) is 0 Å². The molecule has 2 aromatic carbocycles. The molecule has 7 heteroatoms. The lowest BCUT2D eigenvalue weighted by Crippen LogP contribution is -2.30. The number of amidine groups is 1. The van der Waals surface area contributed by atoms with Crippen molar-refractivity contribution >= 4 is 46.2 Å². The largest absolute Gasteiger partial charge is 0.497 e. The number of methoxy groups -OCH3 is 2. The van der Waals surface area contributed by atoms with Crippen molar-refractivity contribution in [1.82, 2.24) is 0 Å². The van der Waals surface area contributed by atoms with Gasteiger partial charge in [-0.3, -0.25) is 9.69 Å². The number of carbonyl (C=O) groups is 1. The monoisotopic (exact) mass is 402 g/mol. The van der Waals surface area contributed by atoms with Gasteiger partial charge in [-0.15, -0.1) is 0 Å². The number of rotatable bonds is 5. The van der Waals surface area contributed by atoms with Crippen molar-refractivity contribution in [2.75, 3.05) is 24.9 Å². The van der Waals surface area contributed by atoms with Gasteiger partial charge in [0.1, 0.15) is 17.2 Å². The SMILES string of the molecule is CCSC1=N/C(=C\c2ccc(OC)cc2)C(=O)N1c1ccc(Cl)c(OC)c1. The topological polar surface area (TPSA) is 51.1 Å². The van der Waals surface area contributed by atoms with E-state index in [1.807, 2.05) is 31.2 Å². The standard InChI is InChI=1S/C20H19ClN2O3S/c1-4-27-20-22-17(11-13-5-8-15(25-2)9-6-13)19(24)23(20)14-7-10-16(21)18(12-14)26-3/h5-12H,4H2,1-3H3/b17-11-. The molecule has 1 aliphatic rings. The van der Waals surface area contributed by atoms with Crippen LogP contribution in [0.15, 0.2) is 53.2 Å². The van der Waals surface area contributed by atoms with E-state index in [9.17, 15) is 4.79 Å². The van der Waals surface area contributed by atoms with Crippen LogP contribution in [0.5, 0.6) is 11.5 Å². The minimum Gasteiger partial charge on any atom is -0.497 e. The molecule has 27 heavy (non-hydrogen) atoms. The van der Waals surface area contributed by atoms with Crippen LogP contribution in [0.25, 0.3) is 6.08 Å². The number of aliphatic imine (C=N–C) groups is 1. The van der Waals surface area contributed by atoms with Crippen LogP contribution in [0, 0.1) is 0 Å². The fourth-order valence-electron chi connectivity index (χ4n) is 2.60. The summed E-state index contributed by atoms with van der Waals surface area (Å²) in [5, 5.41) is 1.12. The van der Waals surface area contributed by atoms with Gasteiger partial charge in [-0.25, -0.2) is 4.99 Å². The number of carbonyl (C=O) groups excluding carboxylic acids is 1. The van der Waals surface area contributed by atoms with E-state index in [-0.39, 0.29) is 5.91 Å². The Bertz CT molecular complexity index is 910. The molecule has 3 rings (SSSR count). The number of ether oxygens (including phenoxy) is 2. The van der Waals surface area contributed by atoms with Crippen molar-refractivity contribution in [2.24, 2.45) is 4.99 Å². The van der Waals surface area contributed by atoms with Gasteiger partial charge in [0.15, 0.2) is 5.17 Å². The van der Waals surface area contributed by atoms with E-state index < -0.39 is 0 Å². The molecule has 0 fully saturated rings. The number of halogens is 1. The van der Waals surface area contributed by atoms with E-state index in [1.165, 1.54) is 11.8 Å². The Balaban J connectivity index is 1.97. The van der Waals surface area contributed by atoms with Gasteiger partial charge in [0.25, 0.3) is 5.91 Å². The Kier molecular flexibility index (Phi) is 6.08. The summed E-state index contributed by atoms with van der Waals surface area (Å²) in [7, 11) is 3.16. The summed E-state index contributed by atoms with van der Waals surface area (Å²) in [6.07, 6.45) is 1.77. The summed E-state index contributed by atoms with van der Waals surface area (Å²) < 4.78 is 10.4. The van der Waals surface area contributed by atoms with Crippen LogP contribution in [0.1, 0.15) is 12.5 Å². The molecule has 0 N–H and O–H groups in total. The van der Waals surface area contributed by atoms with Gasteiger partial charge >= 0.3 is 0 Å². The normalized spacial score (nSPS) is 15.3. The summed E-state index contributed by atoms with van der Waals surface area (Å²) in [5.74, 6) is 1.88. The zero-order chi connectivity index (χ0) is 19.4. The van der Waals surface area contributed by atoms with E-state index in [0.717, 1.165) is 17.1 Å². The number of hydrogen-bond donors (Lipinski definition) is 0. The van der Waals surface area contributed by atoms with Gasteiger partial charge in [0.05, 0.1) is 24.9 Å². The smallest absolute Gasteiger partial charge is 0.283 e. The number of anilines is 1. The van der Waals surface area contributed by atoms with Crippen LogP contribution < -0.4 is 14.4 Å². The molecule has 1 aliphatic heterocycles. The lowest BCUT2D eigenvalue weighted by molar-refractivity contribution is -0.113. The van der Waals surface area contributed by atoms with E-state index in [0.29, 0.717) is 27.3 Å². The van der Waals surface area contributed by atoms with E-state index in [4.69, 9.17) is 21.1 Å². The van der Waals surface area contributed by atoms with E-state index >= 15 is 0 Å². The van der Waals surface area contributed by atoms with Gasteiger partial charge in [-0.05, 0) is 41.7 Å². The molecule has 0 aromatic heterocycles. The molecule has 0 saturated carbocycles. The Morgan fingerprint density at radius 2 is 1.89 bits per heavy atom. The third kappa shape index (κ3) is 4.12. The number of nitrogens with zero attached hydrogens (tertiary/aromatic N) is 2. The summed E-state index contributed by atoms with van der Waals surface area (Å²) in [6.45, 7) is 2.02. The highest BCUT2D eigenvalue weighted by atomic mass is 35.5. The second-order valence-corrected chi connectivity index (χ2v) is 7.23. The van der Waals surface area contributed by atoms with Crippen LogP contribution in [0.3, 0.4) is 0 Å². The average Bonchev–Trinajstić information content (AvgIpc) is 2.98. The number of benzene rings is 2. The number of amides is 1. The lowest BCUT2D eigenvalue weighted by atomic mass is 10.2. The molecule has 5 nitrogen and oxygen atoms in total. The Morgan fingerprint density at radius 3 is 2.52 bits per heavy atom. The molecule has 0 aliphatic carbocycles. The van der Waals surface area contributed by atoms with E-state index in [2.05, 4.69) is 4.99 Å². The Morgan fingerprint density at radius 1 is 1.15 bits per heavy atom. The molecule has 2 aromatic rings. The van der Waals surface area contributed by atoms with Crippen molar-refractivity contribution in [2.45, 2.75) is 6.92 Å². The highest BCUT2D eigenvalue weighted by molar-refractivity contribution is 8.14. The molecule has 0 unspecified atom stereocenters. The maximum atomic E-state index is 13.0. The second-order valence-electron chi connectivity index (χ2n) is 5.59. The van der Waals surface area contributed by atoms with Crippen LogP contribution in [0.2, 0.25) is 5.02 Å². The van der Waals surface area contributed by atoms with Gasteiger partial charge in [-0.1, -0.05) is 42.4 Å². The maximum Gasteiger partial charge on any atom is 0.283 e. The Hall–Kier alpha value is -2.44. The molecule has 1 amide bonds. The molecule has 0 atom stereocenters. The minimum absolute atomic E-state index is 0.189. The van der Waals surface area contributed by atoms with Crippen molar-refractivity contribution in [3.05, 3.63) is 58.7 Å². The molecular weight excluding hydrogens is 384 g/mol. The maximum absolute atomic E-state index is 13.0. The van der Waals surface area contributed by atoms with Crippen LogP contribution in [0.4, 0.5) is 5.69 Å². The molecule has 140 valence electrons. The number of hydrogen-bond acceptors (Lipinski definition) is 5. The first-order valence-corrected chi connectivity index (χ1v) is 9.69. The summed E-state index contributed by atoms with van der Waals surface area (Å²) in [5.41, 5.74) is 1.92. The quantitative estimate of drug-likeness (QED) is 0.670. The minimum atomic E-state index is -0.189. The van der Waals surface area contributed by atoms with Crippen LogP contribution >= 0.6 is 23.4 Å². The fourth-order valence-corrected chi connectivity index (χ4v) is 3.53. The molecule has 0 bridgehead atoms. The highest BCUT2D eigenvalue weighted by Crippen LogP contribution is 2.34. The zero-order valence-corrected chi connectivity index (χ0v) is 16.8. The predicted molar refractivity (Wildman–Crippen MR) is 112 cm³/mol. The molecular formula is C20H19ClN2O3S. The van der Waals surface area contributed by atoms with Crippen LogP contribution in [-0.4, -0.2) is 31.0 Å². The molecule has 0 radical (unpaired) electrons. The van der Waals surface area contributed by atoms with Gasteiger partial charge < -0.3 is 9.47 Å².